The SMILES string of the molecule is CC(C)(C)CC(CO)NCc1ccc(N2CCOCC2)c(F)c1. The average molecular weight is 324 g/mol. The lowest BCUT2D eigenvalue weighted by Gasteiger charge is -2.29. The quantitative estimate of drug-likeness (QED) is 0.844. The number of nitrogens with one attached hydrogen (secondary N) is 1. The summed E-state index contributed by atoms with van der Waals surface area (Å²) >= 11 is 0. The summed E-state index contributed by atoms with van der Waals surface area (Å²) in [6.07, 6.45) is 0.873. The van der Waals surface area contributed by atoms with E-state index in [4.69, 9.17) is 4.74 Å². The molecule has 0 radical (unpaired) electrons. The van der Waals surface area contributed by atoms with Gasteiger partial charge in [-0.3, -0.25) is 0 Å². The van der Waals surface area contributed by atoms with Gasteiger partial charge in [0.15, 0.2) is 0 Å². The smallest absolute Gasteiger partial charge is 0.146 e. The second kappa shape index (κ2) is 8.08. The summed E-state index contributed by atoms with van der Waals surface area (Å²) in [6, 6.07) is 5.41. The van der Waals surface area contributed by atoms with Crippen LogP contribution in [0.25, 0.3) is 0 Å². The minimum absolute atomic E-state index is 0.0250. The summed E-state index contributed by atoms with van der Waals surface area (Å²) in [5, 5.41) is 12.8. The molecular formula is C18H29FN2O2. The van der Waals surface area contributed by atoms with E-state index in [-0.39, 0.29) is 23.9 Å². The normalized spacial score (nSPS) is 17.3. The number of anilines is 1. The fraction of sp³-hybridized carbons (Fsp3) is 0.667. The Morgan fingerprint density at radius 1 is 1.30 bits per heavy atom. The summed E-state index contributed by atoms with van der Waals surface area (Å²) < 4.78 is 19.7. The van der Waals surface area contributed by atoms with Crippen LogP contribution in [-0.2, 0) is 11.3 Å². The third kappa shape index (κ3) is 5.75. The van der Waals surface area contributed by atoms with Crippen molar-refractivity contribution in [2.75, 3.05) is 37.8 Å². The number of ether oxygens (including phenoxy) is 1. The van der Waals surface area contributed by atoms with Gasteiger partial charge in [-0.2, -0.15) is 0 Å². The molecule has 1 aromatic rings. The molecule has 0 saturated carbocycles. The first-order valence-corrected chi connectivity index (χ1v) is 8.34. The molecule has 1 saturated heterocycles. The number of benzene rings is 1. The Hall–Kier alpha value is -1.17. The maximum atomic E-state index is 14.4. The predicted molar refractivity (Wildman–Crippen MR) is 91.2 cm³/mol. The van der Waals surface area contributed by atoms with Crippen LogP contribution in [0, 0.1) is 11.2 Å². The lowest BCUT2D eigenvalue weighted by Crippen LogP contribution is -2.37. The Kier molecular flexibility index (Phi) is 6.39. The predicted octanol–water partition coefficient (Wildman–Crippen LogP) is 2.55. The van der Waals surface area contributed by atoms with Crippen molar-refractivity contribution < 1.29 is 14.2 Å². The Morgan fingerprint density at radius 2 is 2.00 bits per heavy atom. The van der Waals surface area contributed by atoms with Crippen LogP contribution in [0.4, 0.5) is 10.1 Å². The third-order valence-electron chi connectivity index (χ3n) is 4.04. The van der Waals surface area contributed by atoms with Gasteiger partial charge in [0.05, 0.1) is 25.5 Å². The van der Waals surface area contributed by atoms with E-state index in [1.165, 1.54) is 0 Å². The highest BCUT2D eigenvalue weighted by atomic mass is 19.1. The zero-order chi connectivity index (χ0) is 16.9. The summed E-state index contributed by atoms with van der Waals surface area (Å²) in [4.78, 5) is 2.02. The third-order valence-corrected chi connectivity index (χ3v) is 4.04. The van der Waals surface area contributed by atoms with E-state index in [9.17, 15) is 9.50 Å². The van der Waals surface area contributed by atoms with Gasteiger partial charge in [-0.05, 0) is 29.5 Å². The van der Waals surface area contributed by atoms with Crippen molar-refractivity contribution in [3.05, 3.63) is 29.6 Å². The Bertz CT molecular complexity index is 496. The van der Waals surface area contributed by atoms with Crippen LogP contribution in [0.5, 0.6) is 0 Å². The highest BCUT2D eigenvalue weighted by molar-refractivity contribution is 5.49. The molecule has 1 aliphatic rings. The minimum Gasteiger partial charge on any atom is -0.395 e. The highest BCUT2D eigenvalue weighted by Gasteiger charge is 2.18. The van der Waals surface area contributed by atoms with E-state index in [0.717, 1.165) is 25.1 Å². The molecule has 4 nitrogen and oxygen atoms in total. The Morgan fingerprint density at radius 3 is 2.57 bits per heavy atom. The topological polar surface area (TPSA) is 44.7 Å². The van der Waals surface area contributed by atoms with Gasteiger partial charge in [0.2, 0.25) is 0 Å². The molecule has 1 atom stereocenters. The standard InChI is InChI=1S/C18H29FN2O2/c1-18(2,3)11-15(13-22)20-12-14-4-5-17(16(19)10-14)21-6-8-23-9-7-21/h4-5,10,15,20,22H,6-9,11-13H2,1-3H3. The molecule has 1 aliphatic heterocycles. The maximum Gasteiger partial charge on any atom is 0.146 e. The molecule has 1 fully saturated rings. The molecule has 130 valence electrons. The number of morpholine rings is 1. The molecule has 0 bridgehead atoms. The number of rotatable bonds is 6. The van der Waals surface area contributed by atoms with Crippen molar-refractivity contribution in [2.45, 2.75) is 39.8 Å². The van der Waals surface area contributed by atoms with Gasteiger partial charge >= 0.3 is 0 Å². The lowest BCUT2D eigenvalue weighted by atomic mass is 9.88. The van der Waals surface area contributed by atoms with Crippen LogP contribution in [0.1, 0.15) is 32.8 Å². The van der Waals surface area contributed by atoms with Crippen molar-refractivity contribution in [1.82, 2.24) is 5.32 Å². The molecule has 0 spiro atoms. The summed E-state index contributed by atoms with van der Waals surface area (Å²) in [6.45, 7) is 9.84. The number of nitrogens with zero attached hydrogens (tertiary/aromatic N) is 1. The van der Waals surface area contributed by atoms with Gasteiger partial charge in [0.1, 0.15) is 5.82 Å². The number of halogens is 1. The van der Waals surface area contributed by atoms with Crippen LogP contribution in [-0.4, -0.2) is 44.1 Å². The molecule has 2 rings (SSSR count). The second-order valence-electron chi connectivity index (χ2n) is 7.41. The Balaban J connectivity index is 1.94. The molecule has 2 N–H and O–H groups in total. The molecule has 5 heteroatoms. The van der Waals surface area contributed by atoms with Crippen molar-refractivity contribution in [3.63, 3.8) is 0 Å². The first-order valence-electron chi connectivity index (χ1n) is 8.34. The molecule has 23 heavy (non-hydrogen) atoms. The summed E-state index contributed by atoms with van der Waals surface area (Å²) in [5.41, 5.74) is 1.68. The fourth-order valence-corrected chi connectivity index (χ4v) is 2.92. The number of hydrogen-bond acceptors (Lipinski definition) is 4. The van der Waals surface area contributed by atoms with Gasteiger partial charge in [-0.1, -0.05) is 26.8 Å². The van der Waals surface area contributed by atoms with E-state index in [1.54, 1.807) is 6.07 Å². The van der Waals surface area contributed by atoms with Gasteiger partial charge in [0, 0.05) is 25.7 Å². The van der Waals surface area contributed by atoms with Crippen molar-refractivity contribution in [2.24, 2.45) is 5.41 Å². The van der Waals surface area contributed by atoms with E-state index in [1.807, 2.05) is 17.0 Å². The maximum absolute atomic E-state index is 14.4. The van der Waals surface area contributed by atoms with Gasteiger partial charge in [-0.25, -0.2) is 4.39 Å². The van der Waals surface area contributed by atoms with Gasteiger partial charge in [-0.15, -0.1) is 0 Å². The lowest BCUT2D eigenvalue weighted by molar-refractivity contribution is 0.122. The minimum atomic E-state index is -0.192. The van der Waals surface area contributed by atoms with E-state index >= 15 is 0 Å². The molecule has 0 aromatic heterocycles. The van der Waals surface area contributed by atoms with Crippen LogP contribution in [0.3, 0.4) is 0 Å². The number of aliphatic hydroxyl groups is 1. The summed E-state index contributed by atoms with van der Waals surface area (Å²) in [7, 11) is 0. The molecule has 1 heterocycles. The largest absolute Gasteiger partial charge is 0.395 e. The van der Waals surface area contributed by atoms with Crippen molar-refractivity contribution in [1.29, 1.82) is 0 Å². The highest BCUT2D eigenvalue weighted by Crippen LogP contribution is 2.23. The zero-order valence-electron chi connectivity index (χ0n) is 14.4. The monoisotopic (exact) mass is 324 g/mol. The molecule has 1 aromatic carbocycles. The first kappa shape index (κ1) is 18.2. The van der Waals surface area contributed by atoms with Crippen LogP contribution in [0.2, 0.25) is 0 Å². The van der Waals surface area contributed by atoms with E-state index < -0.39 is 0 Å². The van der Waals surface area contributed by atoms with Crippen LogP contribution in [0.15, 0.2) is 18.2 Å². The molecule has 1 unspecified atom stereocenters. The number of hydrogen-bond donors (Lipinski definition) is 2. The zero-order valence-corrected chi connectivity index (χ0v) is 14.4. The van der Waals surface area contributed by atoms with Crippen LogP contribution < -0.4 is 10.2 Å². The number of aliphatic hydroxyl groups excluding tert-OH is 1. The van der Waals surface area contributed by atoms with Gasteiger partial charge in [0.25, 0.3) is 0 Å². The van der Waals surface area contributed by atoms with Crippen LogP contribution >= 0.6 is 0 Å². The van der Waals surface area contributed by atoms with E-state index in [2.05, 4.69) is 26.1 Å². The molecule has 0 aliphatic carbocycles. The Labute approximate surface area is 138 Å². The molecular weight excluding hydrogens is 295 g/mol. The fourth-order valence-electron chi connectivity index (χ4n) is 2.92. The van der Waals surface area contributed by atoms with E-state index in [0.29, 0.717) is 25.4 Å². The van der Waals surface area contributed by atoms with Gasteiger partial charge < -0.3 is 20.1 Å². The van der Waals surface area contributed by atoms with Crippen molar-refractivity contribution in [3.8, 4) is 0 Å². The second-order valence-corrected chi connectivity index (χ2v) is 7.41. The first-order chi connectivity index (χ1) is 10.9. The molecule has 0 amide bonds. The van der Waals surface area contributed by atoms with Crippen molar-refractivity contribution >= 4 is 5.69 Å². The average Bonchev–Trinajstić information content (AvgIpc) is 2.51. The summed E-state index contributed by atoms with van der Waals surface area (Å²) in [5.74, 6) is -0.192.